The van der Waals surface area contributed by atoms with E-state index in [1.165, 1.54) is 20.8 Å². The molecule has 2 aliphatic carbocycles. The summed E-state index contributed by atoms with van der Waals surface area (Å²) in [7, 11) is 0. The minimum Gasteiger partial charge on any atom is -0.461 e. The van der Waals surface area contributed by atoms with Crippen LogP contribution in [-0.2, 0) is 33.3 Å². The van der Waals surface area contributed by atoms with E-state index in [4.69, 9.17) is 18.9 Å². The topological polar surface area (TPSA) is 146 Å². The van der Waals surface area contributed by atoms with Crippen molar-refractivity contribution in [2.45, 2.75) is 91.3 Å². The number of hydrogen-bond donors (Lipinski definition) is 2. The zero-order valence-corrected chi connectivity index (χ0v) is 25.9. The molecule has 1 fully saturated rings. The summed E-state index contributed by atoms with van der Waals surface area (Å²) in [5.74, 6) is -4.27. The molecule has 0 heterocycles. The van der Waals surface area contributed by atoms with Crippen LogP contribution in [-0.4, -0.2) is 70.7 Å². The van der Waals surface area contributed by atoms with Crippen molar-refractivity contribution in [3.63, 3.8) is 0 Å². The predicted octanol–water partition coefficient (Wildman–Crippen LogP) is 3.94. The quantitative estimate of drug-likeness (QED) is 0.280. The van der Waals surface area contributed by atoms with E-state index in [0.717, 1.165) is 0 Å². The Morgan fingerprint density at radius 2 is 1.51 bits per heavy atom. The van der Waals surface area contributed by atoms with E-state index < -0.39 is 83.7 Å². The number of carbonyl (C=O) groups excluding carboxylic acids is 4. The van der Waals surface area contributed by atoms with Gasteiger partial charge < -0.3 is 29.2 Å². The summed E-state index contributed by atoms with van der Waals surface area (Å²) in [4.78, 5) is 49.9. The fourth-order valence-corrected chi connectivity index (χ4v) is 6.22. The third kappa shape index (κ3) is 8.12. The smallest absolute Gasteiger partial charge is 0.338 e. The van der Waals surface area contributed by atoms with Gasteiger partial charge >= 0.3 is 23.9 Å². The Balaban J connectivity index is 2.25. The first-order valence-electron chi connectivity index (χ1n) is 14.6. The molecule has 0 bridgehead atoms. The molecule has 2 aliphatic rings. The highest BCUT2D eigenvalue weighted by Crippen LogP contribution is 2.49. The van der Waals surface area contributed by atoms with Crippen LogP contribution < -0.4 is 0 Å². The number of aliphatic hydroxyl groups is 2. The minimum atomic E-state index is -1.74. The van der Waals surface area contributed by atoms with E-state index in [-0.39, 0.29) is 18.4 Å². The van der Waals surface area contributed by atoms with Crippen molar-refractivity contribution < 1.29 is 48.3 Å². The number of carbonyl (C=O) groups is 4. The van der Waals surface area contributed by atoms with Gasteiger partial charge in [-0.3, -0.25) is 14.4 Å². The molecule has 0 amide bonds. The lowest BCUT2D eigenvalue weighted by atomic mass is 9.75. The summed E-state index contributed by atoms with van der Waals surface area (Å²) < 4.78 is 23.1. The van der Waals surface area contributed by atoms with E-state index in [9.17, 15) is 29.4 Å². The molecule has 1 aromatic carbocycles. The molecule has 43 heavy (non-hydrogen) atoms. The average molecular weight is 601 g/mol. The average Bonchev–Trinajstić information content (AvgIpc) is 3.16. The second-order valence-corrected chi connectivity index (χ2v) is 12.3. The molecule has 0 radical (unpaired) electrons. The maximum Gasteiger partial charge on any atom is 0.338 e. The molecular weight excluding hydrogens is 556 g/mol. The van der Waals surface area contributed by atoms with Gasteiger partial charge in [-0.15, -0.1) is 0 Å². The Morgan fingerprint density at radius 3 is 2.07 bits per heavy atom. The van der Waals surface area contributed by atoms with Gasteiger partial charge in [-0.05, 0) is 30.0 Å². The first-order valence-corrected chi connectivity index (χ1v) is 14.6. The van der Waals surface area contributed by atoms with Crippen molar-refractivity contribution >= 4 is 23.9 Å². The Morgan fingerprint density at radius 1 is 0.907 bits per heavy atom. The van der Waals surface area contributed by atoms with Gasteiger partial charge in [0.1, 0.15) is 30.0 Å². The number of aliphatic hydroxyl groups excluding tert-OH is 1. The van der Waals surface area contributed by atoms with Crippen LogP contribution in [0.2, 0.25) is 0 Å². The molecule has 0 spiro atoms. The third-order valence-electron chi connectivity index (χ3n) is 8.35. The van der Waals surface area contributed by atoms with Crippen molar-refractivity contribution in [2.24, 2.45) is 23.2 Å². The maximum atomic E-state index is 13.2. The highest BCUT2D eigenvalue weighted by Gasteiger charge is 2.58. The number of ether oxygens (including phenoxy) is 4. The van der Waals surface area contributed by atoms with E-state index in [0.29, 0.717) is 5.56 Å². The molecule has 2 N–H and O–H groups in total. The highest BCUT2D eigenvalue weighted by atomic mass is 16.6. The van der Waals surface area contributed by atoms with Crippen LogP contribution in [0.25, 0.3) is 0 Å². The van der Waals surface area contributed by atoms with Gasteiger partial charge in [0, 0.05) is 44.4 Å². The molecule has 236 valence electrons. The first kappa shape index (κ1) is 34.0. The van der Waals surface area contributed by atoms with Gasteiger partial charge in [0.2, 0.25) is 0 Å². The van der Waals surface area contributed by atoms with Crippen LogP contribution in [0.1, 0.15) is 71.7 Å². The molecule has 10 nitrogen and oxygen atoms in total. The predicted molar refractivity (Wildman–Crippen MR) is 156 cm³/mol. The largest absolute Gasteiger partial charge is 0.461 e. The monoisotopic (exact) mass is 600 g/mol. The summed E-state index contributed by atoms with van der Waals surface area (Å²) in [5, 5.41) is 23.1. The summed E-state index contributed by atoms with van der Waals surface area (Å²) in [6.45, 7) is 10.5. The second kappa shape index (κ2) is 13.9. The Labute approximate surface area is 253 Å². The van der Waals surface area contributed by atoms with Crippen LogP contribution >= 0.6 is 0 Å². The van der Waals surface area contributed by atoms with E-state index >= 15 is 0 Å². The zero-order valence-electron chi connectivity index (χ0n) is 25.9. The molecule has 0 saturated heterocycles. The summed E-state index contributed by atoms with van der Waals surface area (Å²) in [6.07, 6.45) is 1.49. The third-order valence-corrected chi connectivity index (χ3v) is 8.35. The van der Waals surface area contributed by atoms with Gasteiger partial charge in [0.15, 0.2) is 0 Å². The van der Waals surface area contributed by atoms with Crippen LogP contribution in [0.5, 0.6) is 0 Å². The molecule has 1 saturated carbocycles. The van der Waals surface area contributed by atoms with Gasteiger partial charge in [0.25, 0.3) is 0 Å². The van der Waals surface area contributed by atoms with Crippen molar-refractivity contribution in [2.75, 3.05) is 6.61 Å². The molecule has 8 atom stereocenters. The van der Waals surface area contributed by atoms with Crippen molar-refractivity contribution in [3.05, 3.63) is 59.7 Å². The fraction of sp³-hybridized carbons (Fsp3) is 0.576. The van der Waals surface area contributed by atoms with Crippen LogP contribution in [0, 0.1) is 23.2 Å². The Kier molecular flexibility index (Phi) is 11.0. The molecule has 0 unspecified atom stereocenters. The van der Waals surface area contributed by atoms with Gasteiger partial charge in [-0.25, -0.2) is 4.79 Å². The first-order chi connectivity index (χ1) is 20.1. The standard InChI is InChI=1S/C33H44O10/c1-19-13-14-32(6,7)28(41-22(4)36)16-27(40-21(3)35)25(18-34)15-26-29(43-31(38)24-11-9-8-10-12-24)20(2)17-33(26,39)30(19)42-23(5)37/h8-15,19-20,26-30,34,39H,16-18H2,1-7H3/b14-13-,25-15?/t19-,20-,26-,27+,28+,29-,30-,33+/m0/s1. The molecule has 0 aliphatic heterocycles. The van der Waals surface area contributed by atoms with Crippen molar-refractivity contribution in [1.82, 2.24) is 0 Å². The Hall–Kier alpha value is -3.50. The fourth-order valence-electron chi connectivity index (χ4n) is 6.22. The number of rotatable bonds is 6. The molecular formula is C33H44O10. The lowest BCUT2D eigenvalue weighted by Gasteiger charge is -2.41. The second-order valence-electron chi connectivity index (χ2n) is 12.3. The van der Waals surface area contributed by atoms with Crippen LogP contribution in [0.4, 0.5) is 0 Å². The zero-order chi connectivity index (χ0) is 32.1. The number of fused-ring (bicyclic) bond motifs is 1. The van der Waals surface area contributed by atoms with Crippen LogP contribution in [0.3, 0.4) is 0 Å². The number of esters is 4. The minimum absolute atomic E-state index is 0.0137. The summed E-state index contributed by atoms with van der Waals surface area (Å²) in [6, 6.07) is 8.42. The van der Waals surface area contributed by atoms with Gasteiger partial charge in [-0.1, -0.05) is 64.1 Å². The number of hydrogen-bond acceptors (Lipinski definition) is 10. The van der Waals surface area contributed by atoms with E-state index in [2.05, 4.69) is 0 Å². The van der Waals surface area contributed by atoms with Gasteiger partial charge in [0.05, 0.1) is 12.2 Å². The van der Waals surface area contributed by atoms with E-state index in [1.807, 2.05) is 26.8 Å². The molecule has 1 aromatic rings. The molecule has 3 rings (SSSR count). The van der Waals surface area contributed by atoms with Crippen LogP contribution in [0.15, 0.2) is 54.1 Å². The normalized spacial score (nSPS) is 33.0. The molecule has 0 aromatic heterocycles. The molecule has 10 heteroatoms. The lowest BCUT2D eigenvalue weighted by Crippen LogP contribution is -2.52. The maximum absolute atomic E-state index is 13.2. The lowest BCUT2D eigenvalue weighted by molar-refractivity contribution is -0.173. The van der Waals surface area contributed by atoms with Crippen molar-refractivity contribution in [1.29, 1.82) is 0 Å². The van der Waals surface area contributed by atoms with Crippen molar-refractivity contribution in [3.8, 4) is 0 Å². The number of benzene rings is 1. The highest BCUT2D eigenvalue weighted by molar-refractivity contribution is 5.89. The Bertz CT molecular complexity index is 1240. The van der Waals surface area contributed by atoms with Gasteiger partial charge in [-0.2, -0.15) is 0 Å². The summed E-state index contributed by atoms with van der Waals surface area (Å²) >= 11 is 0. The summed E-state index contributed by atoms with van der Waals surface area (Å²) in [5.41, 5.74) is -1.99. The van der Waals surface area contributed by atoms with E-state index in [1.54, 1.807) is 49.4 Å². The SMILES string of the molecule is CC(=O)O[C@@H]1C[C@@H](OC(C)=O)C(C)(C)/C=C\[C@H](C)[C@H](OC(C)=O)[C@@]2(O)C[C@H](C)[C@H](OC(=O)c3ccccc3)[C@@H]2C=C1CO.